The van der Waals surface area contributed by atoms with Crippen LogP contribution in [0, 0.1) is 0 Å². The molecule has 0 radical (unpaired) electrons. The van der Waals surface area contributed by atoms with Gasteiger partial charge in [0.25, 0.3) is 0 Å². The van der Waals surface area contributed by atoms with E-state index in [-0.39, 0.29) is 6.42 Å². The van der Waals surface area contributed by atoms with Gasteiger partial charge in [-0.05, 0) is 11.6 Å². The molecule has 9 heavy (non-hydrogen) atoms. The number of halogens is 1. The van der Waals surface area contributed by atoms with Gasteiger partial charge in [-0.2, -0.15) is 0 Å². The second kappa shape index (κ2) is 3.42. The van der Waals surface area contributed by atoms with E-state index in [2.05, 4.69) is 0 Å². The van der Waals surface area contributed by atoms with Crippen molar-refractivity contribution in [3.05, 3.63) is 0 Å². The van der Waals surface area contributed by atoms with E-state index in [1.54, 1.807) is 0 Å². The number of hydrogen-bond acceptors (Lipinski definition) is 3. The molecular formula is C4H6ClNO3. The van der Waals surface area contributed by atoms with Crippen LogP contribution in [0.4, 0.5) is 0 Å². The predicted molar refractivity (Wildman–Crippen MR) is 31.1 cm³/mol. The summed E-state index contributed by atoms with van der Waals surface area (Å²) in [4.78, 5) is 19.9. The van der Waals surface area contributed by atoms with Gasteiger partial charge < -0.3 is 10.8 Å². The summed E-state index contributed by atoms with van der Waals surface area (Å²) in [7, 11) is 0. The molecule has 1 atom stereocenters. The molecule has 0 spiro atoms. The second-order valence-corrected chi connectivity index (χ2v) is 1.93. The average Bonchev–Trinajstić information content (AvgIpc) is 1.63. The smallest absolute Gasteiger partial charge is 0.320 e. The first-order valence-electron chi connectivity index (χ1n) is 2.20. The molecule has 0 unspecified atom stereocenters. The Kier molecular flexibility index (Phi) is 3.19. The third kappa shape index (κ3) is 3.93. The van der Waals surface area contributed by atoms with E-state index in [0.717, 1.165) is 0 Å². The Morgan fingerprint density at radius 2 is 2.11 bits per heavy atom. The van der Waals surface area contributed by atoms with Crippen LogP contribution >= 0.6 is 11.6 Å². The molecule has 0 bridgehead atoms. The van der Waals surface area contributed by atoms with Gasteiger partial charge in [0.1, 0.15) is 6.04 Å². The molecule has 0 rings (SSSR count). The van der Waals surface area contributed by atoms with Crippen LogP contribution in [0.5, 0.6) is 0 Å². The van der Waals surface area contributed by atoms with E-state index < -0.39 is 17.3 Å². The molecule has 0 aliphatic rings. The normalized spacial score (nSPS) is 12.7. The lowest BCUT2D eigenvalue weighted by Gasteiger charge is -1.98. The molecule has 0 aliphatic heterocycles. The molecule has 5 heteroatoms. The van der Waals surface area contributed by atoms with E-state index in [9.17, 15) is 9.59 Å². The van der Waals surface area contributed by atoms with Gasteiger partial charge in [0.15, 0.2) is 0 Å². The Hall–Kier alpha value is -0.610. The van der Waals surface area contributed by atoms with Crippen molar-refractivity contribution in [1.29, 1.82) is 0 Å². The van der Waals surface area contributed by atoms with Gasteiger partial charge in [0, 0.05) is 6.42 Å². The summed E-state index contributed by atoms with van der Waals surface area (Å²) in [6.45, 7) is 0. The summed E-state index contributed by atoms with van der Waals surface area (Å²) in [5.74, 6) is -1.22. The number of aliphatic carboxylic acids is 1. The minimum absolute atomic E-state index is 0.323. The molecule has 0 saturated carbocycles. The SMILES string of the molecule is N[C@@H](CC(=O)Cl)C(=O)O. The van der Waals surface area contributed by atoms with Crippen molar-refractivity contribution in [2.45, 2.75) is 12.5 Å². The summed E-state index contributed by atoms with van der Waals surface area (Å²) in [5.41, 5.74) is 4.91. The average molecular weight is 152 g/mol. The minimum atomic E-state index is -1.22. The van der Waals surface area contributed by atoms with Gasteiger partial charge in [-0.1, -0.05) is 0 Å². The zero-order valence-electron chi connectivity index (χ0n) is 4.50. The van der Waals surface area contributed by atoms with Crippen LogP contribution in [0.1, 0.15) is 6.42 Å². The quantitative estimate of drug-likeness (QED) is 0.536. The molecule has 0 heterocycles. The van der Waals surface area contributed by atoms with Gasteiger partial charge in [-0.25, -0.2) is 0 Å². The fourth-order valence-corrected chi connectivity index (χ4v) is 0.426. The van der Waals surface area contributed by atoms with Gasteiger partial charge in [-0.3, -0.25) is 9.59 Å². The highest BCUT2D eigenvalue weighted by molar-refractivity contribution is 6.63. The van der Waals surface area contributed by atoms with E-state index in [0.29, 0.717) is 0 Å². The van der Waals surface area contributed by atoms with Crippen LogP contribution in [-0.2, 0) is 9.59 Å². The second-order valence-electron chi connectivity index (χ2n) is 1.50. The highest BCUT2D eigenvalue weighted by Crippen LogP contribution is 1.92. The molecular weight excluding hydrogens is 146 g/mol. The van der Waals surface area contributed by atoms with Gasteiger partial charge in [0.2, 0.25) is 5.24 Å². The van der Waals surface area contributed by atoms with E-state index in [1.807, 2.05) is 0 Å². The Bertz CT molecular complexity index is 136. The molecule has 4 nitrogen and oxygen atoms in total. The summed E-state index contributed by atoms with van der Waals surface area (Å²) in [5, 5.41) is 7.36. The predicted octanol–water partition coefficient (Wildman–Crippen LogP) is -0.446. The Morgan fingerprint density at radius 3 is 2.22 bits per heavy atom. The van der Waals surface area contributed by atoms with Crippen molar-refractivity contribution < 1.29 is 14.7 Å². The number of rotatable bonds is 3. The first-order valence-corrected chi connectivity index (χ1v) is 2.58. The van der Waals surface area contributed by atoms with Gasteiger partial charge >= 0.3 is 5.97 Å². The van der Waals surface area contributed by atoms with Crippen molar-refractivity contribution in [2.24, 2.45) is 5.73 Å². The lowest BCUT2D eigenvalue weighted by molar-refractivity contribution is -0.139. The molecule has 0 aromatic carbocycles. The van der Waals surface area contributed by atoms with Gasteiger partial charge in [-0.15, -0.1) is 0 Å². The van der Waals surface area contributed by atoms with Crippen LogP contribution in [-0.4, -0.2) is 22.4 Å². The van der Waals surface area contributed by atoms with Crippen molar-refractivity contribution >= 4 is 22.8 Å². The maximum absolute atomic E-state index is 9.98. The number of carbonyl (C=O) groups is 2. The lowest BCUT2D eigenvalue weighted by atomic mass is 10.2. The highest BCUT2D eigenvalue weighted by Gasteiger charge is 2.13. The summed E-state index contributed by atoms with van der Waals surface area (Å²) in [6, 6.07) is -1.17. The first-order chi connectivity index (χ1) is 4.04. The summed E-state index contributed by atoms with van der Waals surface area (Å²) in [6.07, 6.45) is -0.323. The standard InChI is InChI=1S/C4H6ClNO3/c5-3(7)1-2(6)4(8)9/h2H,1,6H2,(H,8,9)/t2-/m0/s1. The molecule has 0 aliphatic carbocycles. The van der Waals surface area contributed by atoms with Crippen molar-refractivity contribution in [2.75, 3.05) is 0 Å². The number of carbonyl (C=O) groups excluding carboxylic acids is 1. The minimum Gasteiger partial charge on any atom is -0.480 e. The molecule has 0 aromatic heterocycles. The van der Waals surface area contributed by atoms with Crippen LogP contribution < -0.4 is 5.73 Å². The zero-order chi connectivity index (χ0) is 7.44. The molecule has 52 valence electrons. The Balaban J connectivity index is 3.63. The largest absolute Gasteiger partial charge is 0.480 e. The molecule has 0 aromatic rings. The number of carboxylic acid groups (broad SMARTS) is 1. The van der Waals surface area contributed by atoms with Crippen LogP contribution in [0.15, 0.2) is 0 Å². The monoisotopic (exact) mass is 151 g/mol. The number of nitrogens with two attached hydrogens (primary N) is 1. The van der Waals surface area contributed by atoms with E-state index >= 15 is 0 Å². The van der Waals surface area contributed by atoms with E-state index in [4.69, 9.17) is 22.4 Å². The summed E-state index contributed by atoms with van der Waals surface area (Å²) < 4.78 is 0. The van der Waals surface area contributed by atoms with Crippen LogP contribution in [0.3, 0.4) is 0 Å². The van der Waals surface area contributed by atoms with Crippen molar-refractivity contribution in [1.82, 2.24) is 0 Å². The topological polar surface area (TPSA) is 80.4 Å². The molecule has 0 saturated heterocycles. The zero-order valence-corrected chi connectivity index (χ0v) is 5.26. The third-order valence-corrected chi connectivity index (χ3v) is 0.852. The maximum Gasteiger partial charge on any atom is 0.320 e. The fraction of sp³-hybridized carbons (Fsp3) is 0.500. The number of hydrogen-bond donors (Lipinski definition) is 2. The van der Waals surface area contributed by atoms with E-state index in [1.165, 1.54) is 0 Å². The Labute approximate surface area is 56.6 Å². The lowest BCUT2D eigenvalue weighted by Crippen LogP contribution is -2.31. The van der Waals surface area contributed by atoms with Gasteiger partial charge in [0.05, 0.1) is 0 Å². The third-order valence-electron chi connectivity index (χ3n) is 0.698. The number of carboxylic acids is 1. The van der Waals surface area contributed by atoms with Crippen LogP contribution in [0.2, 0.25) is 0 Å². The molecule has 3 N–H and O–H groups in total. The molecule has 0 fully saturated rings. The van der Waals surface area contributed by atoms with Crippen molar-refractivity contribution in [3.8, 4) is 0 Å². The Morgan fingerprint density at radius 1 is 1.67 bits per heavy atom. The first kappa shape index (κ1) is 8.39. The van der Waals surface area contributed by atoms with Crippen LogP contribution in [0.25, 0.3) is 0 Å². The maximum atomic E-state index is 9.98. The summed E-state index contributed by atoms with van der Waals surface area (Å²) >= 11 is 4.83. The fourth-order valence-electron chi connectivity index (χ4n) is 0.260. The van der Waals surface area contributed by atoms with Crippen molar-refractivity contribution in [3.63, 3.8) is 0 Å². The molecule has 0 amide bonds. The highest BCUT2D eigenvalue weighted by atomic mass is 35.5.